The molecule has 64 valence electrons. The Balaban J connectivity index is 2.35. The molecule has 2 unspecified atom stereocenters. The van der Waals surface area contributed by atoms with Gasteiger partial charge < -0.3 is 0 Å². The SMILES string of the molecule is CC1=NC2=CC(F)=CC(F)C2S1. The second kappa shape index (κ2) is 2.69. The van der Waals surface area contributed by atoms with Crippen molar-refractivity contribution in [2.75, 3.05) is 0 Å². The molecule has 1 aliphatic heterocycles. The first-order valence-electron chi connectivity index (χ1n) is 3.62. The molecule has 0 radical (unpaired) electrons. The van der Waals surface area contributed by atoms with Gasteiger partial charge in [-0.1, -0.05) is 11.8 Å². The zero-order chi connectivity index (χ0) is 8.72. The number of halogens is 2. The summed E-state index contributed by atoms with van der Waals surface area (Å²) in [5, 5.41) is 0.488. The van der Waals surface area contributed by atoms with Gasteiger partial charge in [0.15, 0.2) is 0 Å². The van der Waals surface area contributed by atoms with E-state index in [9.17, 15) is 8.78 Å². The van der Waals surface area contributed by atoms with Crippen molar-refractivity contribution in [3.05, 3.63) is 23.7 Å². The summed E-state index contributed by atoms with van der Waals surface area (Å²) < 4.78 is 25.8. The van der Waals surface area contributed by atoms with E-state index in [1.807, 2.05) is 0 Å². The normalized spacial score (nSPS) is 33.8. The predicted molar refractivity (Wildman–Crippen MR) is 46.7 cm³/mol. The van der Waals surface area contributed by atoms with E-state index >= 15 is 0 Å². The van der Waals surface area contributed by atoms with Gasteiger partial charge in [0, 0.05) is 0 Å². The van der Waals surface area contributed by atoms with Crippen LogP contribution in [0, 0.1) is 0 Å². The molecule has 2 rings (SSSR count). The summed E-state index contributed by atoms with van der Waals surface area (Å²) in [7, 11) is 0. The van der Waals surface area contributed by atoms with Crippen molar-refractivity contribution >= 4 is 16.8 Å². The van der Waals surface area contributed by atoms with Crippen LogP contribution < -0.4 is 0 Å². The van der Waals surface area contributed by atoms with Crippen LogP contribution in [0.4, 0.5) is 8.78 Å². The van der Waals surface area contributed by atoms with Crippen molar-refractivity contribution in [1.82, 2.24) is 0 Å². The van der Waals surface area contributed by atoms with Gasteiger partial charge in [-0.15, -0.1) is 0 Å². The summed E-state index contributed by atoms with van der Waals surface area (Å²) in [6.45, 7) is 1.80. The monoisotopic (exact) mass is 187 g/mol. The minimum absolute atomic E-state index is 0.315. The lowest BCUT2D eigenvalue weighted by atomic mass is 10.1. The third-order valence-electron chi connectivity index (χ3n) is 1.77. The maximum Gasteiger partial charge on any atom is 0.139 e. The molecule has 4 heteroatoms. The van der Waals surface area contributed by atoms with E-state index in [-0.39, 0.29) is 5.25 Å². The number of aliphatic imine (C=N–C) groups is 1. The molecule has 1 heterocycles. The molecule has 0 fully saturated rings. The first-order chi connectivity index (χ1) is 5.66. The fourth-order valence-electron chi connectivity index (χ4n) is 1.29. The molecule has 12 heavy (non-hydrogen) atoms. The summed E-state index contributed by atoms with van der Waals surface area (Å²) in [6.07, 6.45) is 1.05. The first-order valence-corrected chi connectivity index (χ1v) is 4.50. The third kappa shape index (κ3) is 1.20. The summed E-state index contributed by atoms with van der Waals surface area (Å²) in [5.74, 6) is -0.521. The van der Waals surface area contributed by atoms with Crippen LogP contribution in [-0.2, 0) is 0 Å². The fourth-order valence-corrected chi connectivity index (χ4v) is 2.26. The second-order valence-corrected chi connectivity index (χ2v) is 4.07. The molecule has 0 spiro atoms. The maximum absolute atomic E-state index is 13.1. The van der Waals surface area contributed by atoms with Crippen LogP contribution in [-0.4, -0.2) is 16.5 Å². The highest BCUT2D eigenvalue weighted by Gasteiger charge is 2.32. The van der Waals surface area contributed by atoms with Gasteiger partial charge in [-0.25, -0.2) is 13.8 Å². The molecule has 0 aromatic rings. The van der Waals surface area contributed by atoms with Gasteiger partial charge in [0.2, 0.25) is 0 Å². The Bertz CT molecular complexity index is 306. The molecular weight excluding hydrogens is 180 g/mol. The number of hydrogen-bond donors (Lipinski definition) is 0. The molecule has 0 aromatic carbocycles. The van der Waals surface area contributed by atoms with Gasteiger partial charge in [-0.05, 0) is 19.1 Å². The standard InChI is InChI=1S/C8H7F2NS/c1-4-11-7-3-5(9)2-6(10)8(7)12-4/h2-3,6,8H,1H3. The van der Waals surface area contributed by atoms with Crippen molar-refractivity contribution in [3.63, 3.8) is 0 Å². The van der Waals surface area contributed by atoms with E-state index in [1.54, 1.807) is 6.92 Å². The Morgan fingerprint density at radius 3 is 3.08 bits per heavy atom. The zero-order valence-electron chi connectivity index (χ0n) is 6.42. The number of nitrogens with zero attached hydrogens (tertiary/aromatic N) is 1. The van der Waals surface area contributed by atoms with Crippen LogP contribution in [0.15, 0.2) is 28.7 Å². The van der Waals surface area contributed by atoms with Crippen LogP contribution in [0.3, 0.4) is 0 Å². The largest absolute Gasteiger partial charge is 0.250 e. The topological polar surface area (TPSA) is 12.4 Å². The molecule has 0 bridgehead atoms. The van der Waals surface area contributed by atoms with E-state index in [0.29, 0.717) is 5.70 Å². The molecule has 0 amide bonds. The van der Waals surface area contributed by atoms with Gasteiger partial charge in [0.05, 0.1) is 16.0 Å². The fraction of sp³-hybridized carbons (Fsp3) is 0.375. The van der Waals surface area contributed by atoms with E-state index in [4.69, 9.17) is 0 Å². The average molecular weight is 187 g/mol. The van der Waals surface area contributed by atoms with Crippen LogP contribution in [0.25, 0.3) is 0 Å². The Hall–Kier alpha value is -0.640. The Labute approximate surface area is 73.3 Å². The summed E-state index contributed by atoms with van der Waals surface area (Å²) in [6, 6.07) is 0. The highest BCUT2D eigenvalue weighted by atomic mass is 32.2. The average Bonchev–Trinajstić information content (AvgIpc) is 2.29. The molecule has 0 saturated heterocycles. The molecule has 2 aliphatic rings. The minimum Gasteiger partial charge on any atom is -0.250 e. The van der Waals surface area contributed by atoms with E-state index in [1.165, 1.54) is 17.8 Å². The molecule has 2 atom stereocenters. The molecule has 1 nitrogen and oxygen atoms in total. The highest BCUT2D eigenvalue weighted by molar-refractivity contribution is 8.14. The lowest BCUT2D eigenvalue weighted by molar-refractivity contribution is 0.393. The molecule has 0 aromatic heterocycles. The van der Waals surface area contributed by atoms with Gasteiger partial charge in [0.25, 0.3) is 0 Å². The molecular formula is C8H7F2NS. The number of hydrogen-bond acceptors (Lipinski definition) is 2. The number of allylic oxidation sites excluding steroid dienone is 3. The van der Waals surface area contributed by atoms with Gasteiger partial charge in [-0.2, -0.15) is 0 Å². The Kier molecular flexibility index (Phi) is 1.79. The Morgan fingerprint density at radius 1 is 1.58 bits per heavy atom. The number of fused-ring (bicyclic) bond motifs is 1. The smallest absolute Gasteiger partial charge is 0.139 e. The van der Waals surface area contributed by atoms with E-state index < -0.39 is 12.0 Å². The quantitative estimate of drug-likeness (QED) is 0.567. The minimum atomic E-state index is -1.24. The van der Waals surface area contributed by atoms with Crippen molar-refractivity contribution in [2.24, 2.45) is 4.99 Å². The van der Waals surface area contributed by atoms with E-state index in [0.717, 1.165) is 11.1 Å². The zero-order valence-corrected chi connectivity index (χ0v) is 7.24. The van der Waals surface area contributed by atoms with E-state index in [2.05, 4.69) is 4.99 Å². The first kappa shape index (κ1) is 7.98. The lowest BCUT2D eigenvalue weighted by Crippen LogP contribution is -2.19. The molecule has 1 aliphatic carbocycles. The third-order valence-corrected chi connectivity index (χ3v) is 2.96. The van der Waals surface area contributed by atoms with Gasteiger partial charge >= 0.3 is 0 Å². The number of alkyl halides is 1. The van der Waals surface area contributed by atoms with Gasteiger partial charge in [-0.3, -0.25) is 0 Å². The van der Waals surface area contributed by atoms with Crippen LogP contribution in [0.1, 0.15) is 6.92 Å². The van der Waals surface area contributed by atoms with Crippen molar-refractivity contribution in [3.8, 4) is 0 Å². The van der Waals surface area contributed by atoms with Crippen LogP contribution >= 0.6 is 11.8 Å². The van der Waals surface area contributed by atoms with Crippen LogP contribution in [0.5, 0.6) is 0 Å². The highest BCUT2D eigenvalue weighted by Crippen LogP contribution is 2.37. The Morgan fingerprint density at radius 2 is 2.33 bits per heavy atom. The van der Waals surface area contributed by atoms with Crippen molar-refractivity contribution < 1.29 is 8.78 Å². The summed E-state index contributed by atoms with van der Waals surface area (Å²) in [4.78, 5) is 4.03. The van der Waals surface area contributed by atoms with Crippen LogP contribution in [0.2, 0.25) is 0 Å². The summed E-state index contributed by atoms with van der Waals surface area (Å²) in [5.41, 5.74) is 0.519. The van der Waals surface area contributed by atoms with Crippen molar-refractivity contribution in [2.45, 2.75) is 18.3 Å². The lowest BCUT2D eigenvalue weighted by Gasteiger charge is -2.15. The maximum atomic E-state index is 13.1. The molecule has 0 saturated carbocycles. The van der Waals surface area contributed by atoms with Crippen molar-refractivity contribution in [1.29, 1.82) is 0 Å². The predicted octanol–water partition coefficient (Wildman–Crippen LogP) is 2.61. The molecule has 0 N–H and O–H groups in total. The van der Waals surface area contributed by atoms with Gasteiger partial charge in [0.1, 0.15) is 12.0 Å². The second-order valence-electron chi connectivity index (χ2n) is 2.73. The number of thioether (sulfide) groups is 1. The summed E-state index contributed by atoms with van der Waals surface area (Å²) >= 11 is 1.36. The number of rotatable bonds is 0.